The van der Waals surface area contributed by atoms with Crippen LogP contribution in [0.2, 0.25) is 0 Å². The van der Waals surface area contributed by atoms with Crippen LogP contribution in [0, 0.1) is 0 Å². The summed E-state index contributed by atoms with van der Waals surface area (Å²) in [6.45, 7) is 2.12. The molecule has 0 spiro atoms. The SMILES string of the molecule is CN(Cc1nc2ccsc2c(=O)[nH]1)c1nccc(N2Cc3ccccc3C2)n1. The third-order valence-electron chi connectivity index (χ3n) is 4.89. The van der Waals surface area contributed by atoms with Crippen LogP contribution in [-0.4, -0.2) is 27.0 Å². The van der Waals surface area contributed by atoms with Crippen molar-refractivity contribution in [2.45, 2.75) is 19.6 Å². The second kappa shape index (κ2) is 6.72. The van der Waals surface area contributed by atoms with Crippen molar-refractivity contribution < 1.29 is 0 Å². The third kappa shape index (κ3) is 3.01. The molecule has 4 heterocycles. The minimum Gasteiger partial charge on any atom is -0.348 e. The van der Waals surface area contributed by atoms with Crippen molar-refractivity contribution in [3.63, 3.8) is 0 Å². The molecule has 0 atom stereocenters. The number of aromatic amines is 1. The summed E-state index contributed by atoms with van der Waals surface area (Å²) in [6.07, 6.45) is 1.77. The third-order valence-corrected chi connectivity index (χ3v) is 5.79. The van der Waals surface area contributed by atoms with Gasteiger partial charge in [0, 0.05) is 26.3 Å². The maximum atomic E-state index is 12.2. The highest BCUT2D eigenvalue weighted by Gasteiger charge is 2.20. The number of rotatable bonds is 4. The van der Waals surface area contributed by atoms with Crippen LogP contribution < -0.4 is 15.4 Å². The zero-order valence-electron chi connectivity index (χ0n) is 15.3. The van der Waals surface area contributed by atoms with Crippen molar-refractivity contribution in [3.8, 4) is 0 Å². The van der Waals surface area contributed by atoms with Crippen molar-refractivity contribution in [2.24, 2.45) is 0 Å². The maximum Gasteiger partial charge on any atom is 0.268 e. The Morgan fingerprint density at radius 3 is 2.71 bits per heavy atom. The van der Waals surface area contributed by atoms with Gasteiger partial charge in [-0.2, -0.15) is 4.98 Å². The highest BCUT2D eigenvalue weighted by Crippen LogP contribution is 2.27. The first-order chi connectivity index (χ1) is 13.7. The molecule has 0 bridgehead atoms. The normalized spacial score (nSPS) is 13.1. The summed E-state index contributed by atoms with van der Waals surface area (Å²) < 4.78 is 0.651. The quantitative estimate of drug-likeness (QED) is 0.577. The molecule has 0 saturated carbocycles. The van der Waals surface area contributed by atoms with E-state index in [4.69, 9.17) is 4.98 Å². The van der Waals surface area contributed by atoms with Crippen LogP contribution in [0.25, 0.3) is 10.2 Å². The van der Waals surface area contributed by atoms with Gasteiger partial charge in [-0.05, 0) is 28.6 Å². The molecule has 1 aromatic carbocycles. The van der Waals surface area contributed by atoms with Crippen molar-refractivity contribution in [2.75, 3.05) is 16.8 Å². The minimum absolute atomic E-state index is 0.104. The van der Waals surface area contributed by atoms with E-state index in [1.807, 2.05) is 29.5 Å². The molecule has 7 nitrogen and oxygen atoms in total. The summed E-state index contributed by atoms with van der Waals surface area (Å²) in [5.74, 6) is 2.09. The predicted octanol–water partition coefficient (Wildman–Crippen LogP) is 2.93. The summed E-state index contributed by atoms with van der Waals surface area (Å²) in [7, 11) is 1.90. The smallest absolute Gasteiger partial charge is 0.268 e. The molecule has 1 aliphatic rings. The van der Waals surface area contributed by atoms with E-state index >= 15 is 0 Å². The van der Waals surface area contributed by atoms with E-state index in [0.29, 0.717) is 23.0 Å². The van der Waals surface area contributed by atoms with Gasteiger partial charge in [-0.15, -0.1) is 11.3 Å². The number of H-pyrrole nitrogens is 1. The first-order valence-electron chi connectivity index (χ1n) is 9.00. The van der Waals surface area contributed by atoms with Gasteiger partial charge < -0.3 is 14.8 Å². The summed E-state index contributed by atoms with van der Waals surface area (Å²) in [5, 5.41) is 1.88. The van der Waals surface area contributed by atoms with Crippen molar-refractivity contribution in [1.29, 1.82) is 0 Å². The average Bonchev–Trinajstić information content (AvgIpc) is 3.35. The Hall–Kier alpha value is -3.26. The molecule has 3 aromatic heterocycles. The van der Waals surface area contributed by atoms with E-state index < -0.39 is 0 Å². The zero-order valence-corrected chi connectivity index (χ0v) is 16.1. The van der Waals surface area contributed by atoms with Crippen molar-refractivity contribution in [3.05, 3.63) is 75.3 Å². The molecule has 0 radical (unpaired) electrons. The molecular formula is C20H18N6OS. The van der Waals surface area contributed by atoms with Gasteiger partial charge in [0.2, 0.25) is 5.95 Å². The second-order valence-corrected chi connectivity index (χ2v) is 7.76. The van der Waals surface area contributed by atoms with Gasteiger partial charge in [-0.3, -0.25) is 4.79 Å². The van der Waals surface area contributed by atoms with Crippen LogP contribution in [0.1, 0.15) is 17.0 Å². The Kier molecular flexibility index (Phi) is 4.05. The molecule has 1 N–H and O–H groups in total. The van der Waals surface area contributed by atoms with Crippen molar-refractivity contribution in [1.82, 2.24) is 19.9 Å². The lowest BCUT2D eigenvalue weighted by molar-refractivity contribution is 0.794. The Labute approximate surface area is 165 Å². The fraction of sp³-hybridized carbons (Fsp3) is 0.200. The van der Waals surface area contributed by atoms with Gasteiger partial charge in [-0.25, -0.2) is 9.97 Å². The van der Waals surface area contributed by atoms with E-state index in [1.54, 1.807) is 6.20 Å². The van der Waals surface area contributed by atoms with E-state index in [1.165, 1.54) is 22.5 Å². The fourth-order valence-corrected chi connectivity index (χ4v) is 4.21. The molecule has 0 aliphatic carbocycles. The lowest BCUT2D eigenvalue weighted by Crippen LogP contribution is -2.24. The molecule has 4 aromatic rings. The van der Waals surface area contributed by atoms with Crippen LogP contribution in [0.4, 0.5) is 11.8 Å². The van der Waals surface area contributed by atoms with Crippen LogP contribution in [0.15, 0.2) is 52.8 Å². The number of nitrogens with one attached hydrogen (secondary N) is 1. The molecule has 8 heteroatoms. The number of fused-ring (bicyclic) bond motifs is 2. The van der Waals surface area contributed by atoms with Crippen LogP contribution in [0.5, 0.6) is 0 Å². The summed E-state index contributed by atoms with van der Waals surface area (Å²) in [6, 6.07) is 12.2. The molecular weight excluding hydrogens is 372 g/mol. The van der Waals surface area contributed by atoms with E-state index in [-0.39, 0.29) is 5.56 Å². The van der Waals surface area contributed by atoms with Gasteiger partial charge in [-0.1, -0.05) is 24.3 Å². The lowest BCUT2D eigenvalue weighted by atomic mass is 10.1. The monoisotopic (exact) mass is 390 g/mol. The number of hydrogen-bond donors (Lipinski definition) is 1. The van der Waals surface area contributed by atoms with Gasteiger partial charge in [0.25, 0.3) is 5.56 Å². The zero-order chi connectivity index (χ0) is 19.1. The first-order valence-corrected chi connectivity index (χ1v) is 9.87. The van der Waals surface area contributed by atoms with E-state index in [9.17, 15) is 4.79 Å². The molecule has 28 heavy (non-hydrogen) atoms. The summed E-state index contributed by atoms with van der Waals surface area (Å²) >= 11 is 1.40. The summed E-state index contributed by atoms with van der Waals surface area (Å²) in [4.78, 5) is 32.8. The predicted molar refractivity (Wildman–Crippen MR) is 111 cm³/mol. The second-order valence-electron chi connectivity index (χ2n) is 6.84. The fourth-order valence-electron chi connectivity index (χ4n) is 3.49. The number of thiophene rings is 1. The number of aromatic nitrogens is 4. The van der Waals surface area contributed by atoms with Gasteiger partial charge in [0.1, 0.15) is 16.3 Å². The Bertz CT molecular complexity index is 1190. The van der Waals surface area contributed by atoms with Gasteiger partial charge >= 0.3 is 0 Å². The molecule has 0 amide bonds. The number of anilines is 2. The number of nitrogens with zero attached hydrogens (tertiary/aromatic N) is 5. The average molecular weight is 390 g/mol. The van der Waals surface area contributed by atoms with Crippen LogP contribution >= 0.6 is 11.3 Å². The van der Waals surface area contributed by atoms with Gasteiger partial charge in [0.15, 0.2) is 0 Å². The van der Waals surface area contributed by atoms with Crippen LogP contribution in [-0.2, 0) is 19.6 Å². The highest BCUT2D eigenvalue weighted by molar-refractivity contribution is 7.17. The largest absolute Gasteiger partial charge is 0.348 e. The molecule has 0 fully saturated rings. The Balaban J connectivity index is 1.37. The van der Waals surface area contributed by atoms with Gasteiger partial charge in [0.05, 0.1) is 12.1 Å². The topological polar surface area (TPSA) is 78.0 Å². The van der Waals surface area contributed by atoms with E-state index in [2.05, 4.69) is 44.1 Å². The Morgan fingerprint density at radius 1 is 1.14 bits per heavy atom. The summed E-state index contributed by atoms with van der Waals surface area (Å²) in [5.41, 5.74) is 3.29. The molecule has 0 saturated heterocycles. The highest BCUT2D eigenvalue weighted by atomic mass is 32.1. The molecule has 140 valence electrons. The van der Waals surface area contributed by atoms with E-state index in [0.717, 1.165) is 24.4 Å². The lowest BCUT2D eigenvalue weighted by Gasteiger charge is -2.20. The number of hydrogen-bond acceptors (Lipinski definition) is 7. The molecule has 1 aliphatic heterocycles. The molecule has 5 rings (SSSR count). The maximum absolute atomic E-state index is 12.2. The first kappa shape index (κ1) is 16.9. The minimum atomic E-state index is -0.104. The number of benzene rings is 1. The van der Waals surface area contributed by atoms with Crippen LogP contribution in [0.3, 0.4) is 0 Å². The van der Waals surface area contributed by atoms with Crippen molar-refractivity contribution >= 4 is 33.3 Å². The molecule has 0 unspecified atom stereocenters. The Morgan fingerprint density at radius 2 is 1.93 bits per heavy atom. The standard InChI is InChI=1S/C20H18N6OS/c1-25(12-16-22-15-7-9-28-18(15)19(27)23-16)20-21-8-6-17(24-20)26-10-13-4-2-3-5-14(13)11-26/h2-9H,10-12H2,1H3,(H,22,23,27).